The summed E-state index contributed by atoms with van der Waals surface area (Å²) in [6.07, 6.45) is 0. The molecule has 29 heavy (non-hydrogen) atoms. The minimum absolute atomic E-state index is 0.0752. The van der Waals surface area contributed by atoms with E-state index < -0.39 is 0 Å². The molecule has 156 valence electrons. The van der Waals surface area contributed by atoms with Gasteiger partial charge in [0.25, 0.3) is 0 Å². The third-order valence-corrected chi connectivity index (χ3v) is 4.98. The second kappa shape index (κ2) is 12.7. The highest BCUT2D eigenvalue weighted by Crippen LogP contribution is 2.18. The summed E-state index contributed by atoms with van der Waals surface area (Å²) >= 11 is 14.7. The standard InChI is InChI=1S/C10H11ClN2O.C6H4BrCl.C4H8N2O/c11-8-1-3-9(4-2-8)13-6-5-12-10(14)7-13;7-5-1-3-6(8)4-2-5;7-4-3-5-1-2-6-4/h1-4H,5-7H2,(H,12,14);1-4H;5H,1-3H2,(H,6,7). The number of carbonyl (C=O) groups excluding carboxylic acids is 2. The monoisotopic (exact) mass is 500 g/mol. The first-order valence-corrected chi connectivity index (χ1v) is 10.6. The molecule has 2 heterocycles. The predicted octanol–water partition coefficient (Wildman–Crippen LogP) is 3.08. The van der Waals surface area contributed by atoms with E-state index in [9.17, 15) is 9.59 Å². The van der Waals surface area contributed by atoms with E-state index in [4.69, 9.17) is 23.2 Å². The molecule has 0 bridgehead atoms. The van der Waals surface area contributed by atoms with Crippen molar-refractivity contribution in [3.8, 4) is 0 Å². The van der Waals surface area contributed by atoms with Crippen molar-refractivity contribution in [3.05, 3.63) is 63.0 Å². The van der Waals surface area contributed by atoms with E-state index in [2.05, 4.69) is 31.9 Å². The molecule has 9 heteroatoms. The molecule has 3 N–H and O–H groups in total. The Labute approximate surface area is 189 Å². The van der Waals surface area contributed by atoms with Gasteiger partial charge in [0.2, 0.25) is 11.8 Å². The summed E-state index contributed by atoms with van der Waals surface area (Å²) in [6, 6.07) is 15.0. The molecule has 2 aliphatic rings. The molecule has 0 radical (unpaired) electrons. The molecule has 2 fully saturated rings. The number of hydrogen-bond acceptors (Lipinski definition) is 4. The van der Waals surface area contributed by atoms with E-state index in [0.717, 1.165) is 39.8 Å². The number of carbonyl (C=O) groups is 2. The van der Waals surface area contributed by atoms with E-state index in [1.807, 2.05) is 53.4 Å². The first kappa shape index (κ1) is 23.5. The molecule has 0 spiro atoms. The van der Waals surface area contributed by atoms with E-state index in [0.29, 0.717) is 19.6 Å². The van der Waals surface area contributed by atoms with Gasteiger partial charge in [0.15, 0.2) is 0 Å². The molecule has 0 saturated carbocycles. The zero-order valence-electron chi connectivity index (χ0n) is 15.8. The summed E-state index contributed by atoms with van der Waals surface area (Å²) in [7, 11) is 0. The number of nitrogens with zero attached hydrogens (tertiary/aromatic N) is 1. The van der Waals surface area contributed by atoms with Crippen molar-refractivity contribution in [2.45, 2.75) is 0 Å². The normalized spacial score (nSPS) is 15.8. The van der Waals surface area contributed by atoms with E-state index >= 15 is 0 Å². The molecule has 2 aliphatic heterocycles. The zero-order valence-corrected chi connectivity index (χ0v) is 18.9. The van der Waals surface area contributed by atoms with Crippen LogP contribution in [-0.2, 0) is 9.59 Å². The third-order valence-electron chi connectivity index (χ3n) is 3.94. The number of amides is 2. The Morgan fingerprint density at radius 3 is 1.83 bits per heavy atom. The molecular weight excluding hydrogens is 479 g/mol. The van der Waals surface area contributed by atoms with E-state index in [1.54, 1.807) is 0 Å². The van der Waals surface area contributed by atoms with Gasteiger partial charge in [-0.05, 0) is 48.5 Å². The Balaban J connectivity index is 0.000000170. The van der Waals surface area contributed by atoms with Crippen LogP contribution in [-0.4, -0.2) is 51.1 Å². The van der Waals surface area contributed by atoms with Gasteiger partial charge in [0.05, 0.1) is 13.1 Å². The number of rotatable bonds is 1. The summed E-state index contributed by atoms with van der Waals surface area (Å²) in [6.45, 7) is 4.17. The fraction of sp³-hybridized carbons (Fsp3) is 0.300. The predicted molar refractivity (Wildman–Crippen MR) is 122 cm³/mol. The Kier molecular flexibility index (Phi) is 10.3. The Morgan fingerprint density at radius 1 is 0.793 bits per heavy atom. The average Bonchev–Trinajstić information content (AvgIpc) is 2.72. The van der Waals surface area contributed by atoms with Crippen molar-refractivity contribution >= 4 is 56.6 Å². The lowest BCUT2D eigenvalue weighted by Crippen LogP contribution is -2.47. The van der Waals surface area contributed by atoms with Crippen LogP contribution in [0, 0.1) is 0 Å². The first-order chi connectivity index (χ1) is 13.9. The molecule has 4 rings (SSSR count). The molecule has 2 saturated heterocycles. The van der Waals surface area contributed by atoms with Gasteiger partial charge < -0.3 is 20.9 Å². The van der Waals surface area contributed by atoms with Gasteiger partial charge in [-0.2, -0.15) is 0 Å². The van der Waals surface area contributed by atoms with Gasteiger partial charge in [0, 0.05) is 46.4 Å². The molecule has 2 amide bonds. The van der Waals surface area contributed by atoms with Crippen molar-refractivity contribution in [1.82, 2.24) is 16.0 Å². The molecular formula is C20H23BrCl2N4O2. The molecule has 0 aliphatic carbocycles. The minimum atomic E-state index is 0.0752. The summed E-state index contributed by atoms with van der Waals surface area (Å²) in [5.74, 6) is 0.178. The van der Waals surface area contributed by atoms with Crippen molar-refractivity contribution in [2.75, 3.05) is 44.2 Å². The Hall–Kier alpha value is -1.80. The average molecular weight is 502 g/mol. The molecule has 6 nitrogen and oxygen atoms in total. The van der Waals surface area contributed by atoms with Crippen LogP contribution >= 0.6 is 39.1 Å². The van der Waals surface area contributed by atoms with Gasteiger partial charge in [-0.3, -0.25) is 9.59 Å². The fourth-order valence-corrected chi connectivity index (χ4v) is 3.01. The highest BCUT2D eigenvalue weighted by atomic mass is 79.9. The molecule has 0 aromatic heterocycles. The smallest absolute Gasteiger partial charge is 0.239 e. The second-order valence-corrected chi connectivity index (χ2v) is 8.00. The summed E-state index contributed by atoms with van der Waals surface area (Å²) in [5.41, 5.74) is 1.05. The molecule has 2 aromatic rings. The van der Waals surface area contributed by atoms with Gasteiger partial charge in [-0.15, -0.1) is 0 Å². The molecule has 2 aromatic carbocycles. The first-order valence-electron chi connectivity index (χ1n) is 9.10. The number of nitrogens with one attached hydrogen (secondary N) is 3. The summed E-state index contributed by atoms with van der Waals surface area (Å²) < 4.78 is 1.06. The number of halogens is 3. The van der Waals surface area contributed by atoms with Crippen LogP contribution in [0.15, 0.2) is 53.0 Å². The fourth-order valence-electron chi connectivity index (χ4n) is 2.50. The highest BCUT2D eigenvalue weighted by molar-refractivity contribution is 9.10. The molecule has 0 atom stereocenters. The summed E-state index contributed by atoms with van der Waals surface area (Å²) in [5, 5.41) is 9.88. The van der Waals surface area contributed by atoms with Gasteiger partial charge >= 0.3 is 0 Å². The lowest BCUT2D eigenvalue weighted by atomic mass is 10.2. The van der Waals surface area contributed by atoms with Crippen LogP contribution in [0.4, 0.5) is 5.69 Å². The maximum atomic E-state index is 11.1. The zero-order chi connectivity index (χ0) is 21.1. The van der Waals surface area contributed by atoms with Crippen molar-refractivity contribution in [2.24, 2.45) is 0 Å². The van der Waals surface area contributed by atoms with Crippen LogP contribution in [0.1, 0.15) is 0 Å². The van der Waals surface area contributed by atoms with Gasteiger partial charge in [-0.25, -0.2) is 0 Å². The molecule has 0 unspecified atom stereocenters. The van der Waals surface area contributed by atoms with Gasteiger partial charge in [0.1, 0.15) is 0 Å². The van der Waals surface area contributed by atoms with Crippen LogP contribution in [0.25, 0.3) is 0 Å². The SMILES string of the molecule is Clc1ccc(Br)cc1.O=C1CN(c2ccc(Cl)cc2)CCN1.O=C1CNCCN1. The largest absolute Gasteiger partial charge is 0.360 e. The third kappa shape index (κ3) is 9.49. The van der Waals surface area contributed by atoms with Crippen LogP contribution in [0.3, 0.4) is 0 Å². The van der Waals surface area contributed by atoms with Crippen LogP contribution in [0.2, 0.25) is 10.0 Å². The van der Waals surface area contributed by atoms with Crippen molar-refractivity contribution < 1.29 is 9.59 Å². The van der Waals surface area contributed by atoms with Gasteiger partial charge in [-0.1, -0.05) is 39.1 Å². The number of anilines is 1. The highest BCUT2D eigenvalue weighted by Gasteiger charge is 2.15. The lowest BCUT2D eigenvalue weighted by molar-refractivity contribution is -0.121. The lowest BCUT2D eigenvalue weighted by Gasteiger charge is -2.28. The number of piperazine rings is 2. The minimum Gasteiger partial charge on any atom is -0.360 e. The topological polar surface area (TPSA) is 73.5 Å². The van der Waals surface area contributed by atoms with Crippen molar-refractivity contribution in [1.29, 1.82) is 0 Å². The van der Waals surface area contributed by atoms with Crippen molar-refractivity contribution in [3.63, 3.8) is 0 Å². The maximum Gasteiger partial charge on any atom is 0.239 e. The second-order valence-electron chi connectivity index (χ2n) is 6.21. The number of benzene rings is 2. The van der Waals surface area contributed by atoms with E-state index in [1.165, 1.54) is 0 Å². The number of hydrogen-bond donors (Lipinski definition) is 3. The quantitative estimate of drug-likeness (QED) is 0.561. The Bertz CT molecular complexity index is 759. The Morgan fingerprint density at radius 2 is 1.38 bits per heavy atom. The maximum absolute atomic E-state index is 11.1. The summed E-state index contributed by atoms with van der Waals surface area (Å²) in [4.78, 5) is 23.5. The van der Waals surface area contributed by atoms with Crippen LogP contribution < -0.4 is 20.9 Å². The van der Waals surface area contributed by atoms with E-state index in [-0.39, 0.29) is 11.8 Å². The van der Waals surface area contributed by atoms with Crippen LogP contribution in [0.5, 0.6) is 0 Å².